The van der Waals surface area contributed by atoms with Crippen molar-refractivity contribution >= 4 is 5.82 Å². The van der Waals surface area contributed by atoms with Gasteiger partial charge in [-0.1, -0.05) is 13.0 Å². The van der Waals surface area contributed by atoms with Crippen LogP contribution >= 0.6 is 0 Å². The highest BCUT2D eigenvalue weighted by Crippen LogP contribution is 2.17. The first-order valence-electron chi connectivity index (χ1n) is 7.04. The molecule has 0 spiro atoms. The van der Waals surface area contributed by atoms with Crippen molar-refractivity contribution in [3.05, 3.63) is 36.5 Å². The van der Waals surface area contributed by atoms with Gasteiger partial charge in [-0.2, -0.15) is 0 Å². The van der Waals surface area contributed by atoms with Gasteiger partial charge >= 0.3 is 0 Å². The van der Waals surface area contributed by atoms with Crippen LogP contribution in [0.25, 0.3) is 11.4 Å². The first-order valence-corrected chi connectivity index (χ1v) is 7.04. The Morgan fingerprint density at radius 3 is 2.85 bits per heavy atom. The number of hydrogen-bond donors (Lipinski definition) is 1. The van der Waals surface area contributed by atoms with Crippen LogP contribution in [0.2, 0.25) is 0 Å². The fourth-order valence-corrected chi connectivity index (χ4v) is 2.45. The van der Waals surface area contributed by atoms with Crippen LogP contribution in [0.15, 0.2) is 36.5 Å². The van der Waals surface area contributed by atoms with Crippen LogP contribution in [0.1, 0.15) is 6.92 Å². The van der Waals surface area contributed by atoms with Crippen LogP contribution in [0.5, 0.6) is 0 Å². The van der Waals surface area contributed by atoms with E-state index in [9.17, 15) is 0 Å². The Balaban J connectivity index is 1.79. The molecule has 1 N–H and O–H groups in total. The number of pyridine rings is 1. The summed E-state index contributed by atoms with van der Waals surface area (Å²) in [6, 6.07) is 9.83. The monoisotopic (exact) mass is 269 g/mol. The molecular weight excluding hydrogens is 250 g/mol. The molecule has 3 rings (SSSR count). The summed E-state index contributed by atoms with van der Waals surface area (Å²) in [5.41, 5.74) is 1.67. The fraction of sp³-hybridized carbons (Fsp3) is 0.400. The number of anilines is 1. The minimum atomic E-state index is 0.620. The molecule has 0 radical (unpaired) electrons. The Morgan fingerprint density at radius 2 is 2.10 bits per heavy atom. The van der Waals surface area contributed by atoms with Gasteiger partial charge in [-0.3, -0.25) is 4.98 Å². The maximum absolute atomic E-state index is 4.36. The molecule has 0 amide bonds. The van der Waals surface area contributed by atoms with Gasteiger partial charge in [0.25, 0.3) is 0 Å². The van der Waals surface area contributed by atoms with Gasteiger partial charge in [0.05, 0.1) is 5.69 Å². The molecule has 1 aliphatic heterocycles. The lowest BCUT2D eigenvalue weighted by Gasteiger charge is -2.22. The second-order valence-electron chi connectivity index (χ2n) is 5.25. The average molecular weight is 269 g/mol. The number of aromatic nitrogens is 3. The van der Waals surface area contributed by atoms with Crippen LogP contribution in [0.4, 0.5) is 5.82 Å². The van der Waals surface area contributed by atoms with E-state index in [-0.39, 0.29) is 0 Å². The average Bonchev–Trinajstić information content (AvgIpc) is 2.73. The lowest BCUT2D eigenvalue weighted by Crippen LogP contribution is -2.30. The first kappa shape index (κ1) is 13.0. The molecule has 0 bridgehead atoms. The summed E-state index contributed by atoms with van der Waals surface area (Å²) in [5.74, 6) is 1.56. The molecule has 0 saturated carbocycles. The minimum absolute atomic E-state index is 0.620. The van der Waals surface area contributed by atoms with Crippen molar-refractivity contribution in [3.8, 4) is 11.4 Å². The van der Waals surface area contributed by atoms with E-state index in [0.717, 1.165) is 43.4 Å². The fourth-order valence-electron chi connectivity index (χ4n) is 2.45. The third kappa shape index (κ3) is 2.93. The molecule has 5 nitrogen and oxygen atoms in total. The predicted molar refractivity (Wildman–Crippen MR) is 79.5 cm³/mol. The van der Waals surface area contributed by atoms with E-state index in [0.29, 0.717) is 5.92 Å². The van der Waals surface area contributed by atoms with Crippen LogP contribution in [0, 0.1) is 5.92 Å². The lowest BCUT2D eigenvalue weighted by atomic mass is 10.2. The standard InChI is InChI=1S/C15H19N5/c1-12-10-16-8-9-20(11-12)15-6-5-14(18-19-15)13-4-2-3-7-17-13/h2-7,12,16H,8-11H2,1H3. The third-order valence-electron chi connectivity index (χ3n) is 3.49. The summed E-state index contributed by atoms with van der Waals surface area (Å²) in [6.45, 7) is 6.30. The van der Waals surface area contributed by atoms with Crippen molar-refractivity contribution in [1.82, 2.24) is 20.5 Å². The summed E-state index contributed by atoms with van der Waals surface area (Å²) < 4.78 is 0. The zero-order chi connectivity index (χ0) is 13.8. The number of hydrogen-bond acceptors (Lipinski definition) is 5. The summed E-state index contributed by atoms with van der Waals surface area (Å²) in [6.07, 6.45) is 1.77. The Hall–Kier alpha value is -2.01. The van der Waals surface area contributed by atoms with E-state index < -0.39 is 0 Å². The van der Waals surface area contributed by atoms with E-state index in [1.807, 2.05) is 30.3 Å². The van der Waals surface area contributed by atoms with Crippen LogP contribution in [-0.4, -0.2) is 41.4 Å². The molecular formula is C15H19N5. The molecule has 1 fully saturated rings. The molecule has 20 heavy (non-hydrogen) atoms. The molecule has 1 saturated heterocycles. The molecule has 1 aliphatic rings. The maximum atomic E-state index is 4.36. The zero-order valence-corrected chi connectivity index (χ0v) is 11.7. The molecule has 2 aromatic heterocycles. The van der Waals surface area contributed by atoms with Crippen molar-refractivity contribution < 1.29 is 0 Å². The zero-order valence-electron chi connectivity index (χ0n) is 11.7. The van der Waals surface area contributed by atoms with E-state index in [4.69, 9.17) is 0 Å². The maximum Gasteiger partial charge on any atom is 0.151 e. The van der Waals surface area contributed by atoms with Gasteiger partial charge in [-0.25, -0.2) is 0 Å². The minimum Gasteiger partial charge on any atom is -0.354 e. The summed E-state index contributed by atoms with van der Waals surface area (Å²) in [5, 5.41) is 12.1. The van der Waals surface area contributed by atoms with E-state index in [1.165, 1.54) is 0 Å². The Bertz CT molecular complexity index is 540. The summed E-state index contributed by atoms with van der Waals surface area (Å²) in [4.78, 5) is 6.58. The van der Waals surface area contributed by atoms with Crippen LogP contribution in [0.3, 0.4) is 0 Å². The highest BCUT2D eigenvalue weighted by molar-refractivity contribution is 5.54. The molecule has 3 heterocycles. The van der Waals surface area contributed by atoms with Gasteiger partial charge in [-0.05, 0) is 36.7 Å². The highest BCUT2D eigenvalue weighted by Gasteiger charge is 2.16. The van der Waals surface area contributed by atoms with E-state index in [1.54, 1.807) is 6.20 Å². The molecule has 1 atom stereocenters. The quantitative estimate of drug-likeness (QED) is 0.897. The van der Waals surface area contributed by atoms with Crippen molar-refractivity contribution in [2.24, 2.45) is 5.92 Å². The number of rotatable bonds is 2. The number of nitrogens with one attached hydrogen (secondary N) is 1. The molecule has 5 heteroatoms. The topological polar surface area (TPSA) is 53.9 Å². The summed E-state index contributed by atoms with van der Waals surface area (Å²) in [7, 11) is 0. The first-order chi connectivity index (χ1) is 9.83. The van der Waals surface area contributed by atoms with Crippen LogP contribution < -0.4 is 10.2 Å². The highest BCUT2D eigenvalue weighted by atomic mass is 15.3. The molecule has 2 aromatic rings. The van der Waals surface area contributed by atoms with Gasteiger partial charge in [0.2, 0.25) is 0 Å². The second-order valence-corrected chi connectivity index (χ2v) is 5.25. The van der Waals surface area contributed by atoms with Crippen molar-refractivity contribution in [2.75, 3.05) is 31.1 Å². The van der Waals surface area contributed by atoms with Gasteiger partial charge in [0.1, 0.15) is 5.69 Å². The molecule has 1 unspecified atom stereocenters. The van der Waals surface area contributed by atoms with Gasteiger partial charge in [-0.15, -0.1) is 10.2 Å². The Labute approximate surface area is 119 Å². The number of nitrogens with zero attached hydrogens (tertiary/aromatic N) is 4. The van der Waals surface area contributed by atoms with Crippen LogP contribution in [-0.2, 0) is 0 Å². The van der Waals surface area contributed by atoms with Gasteiger partial charge < -0.3 is 10.2 Å². The normalized spacial score (nSPS) is 19.6. The largest absolute Gasteiger partial charge is 0.354 e. The molecule has 0 aliphatic carbocycles. The summed E-state index contributed by atoms with van der Waals surface area (Å²) >= 11 is 0. The second kappa shape index (κ2) is 5.96. The van der Waals surface area contributed by atoms with Crippen molar-refractivity contribution in [3.63, 3.8) is 0 Å². The van der Waals surface area contributed by atoms with E-state index >= 15 is 0 Å². The molecule has 104 valence electrons. The van der Waals surface area contributed by atoms with Gasteiger partial charge in [0.15, 0.2) is 5.82 Å². The van der Waals surface area contributed by atoms with Crippen molar-refractivity contribution in [1.29, 1.82) is 0 Å². The smallest absolute Gasteiger partial charge is 0.151 e. The molecule has 0 aromatic carbocycles. The van der Waals surface area contributed by atoms with Crippen molar-refractivity contribution in [2.45, 2.75) is 6.92 Å². The lowest BCUT2D eigenvalue weighted by molar-refractivity contribution is 0.562. The van der Waals surface area contributed by atoms with E-state index in [2.05, 4.69) is 32.3 Å². The Kier molecular flexibility index (Phi) is 3.87. The van der Waals surface area contributed by atoms with Gasteiger partial charge in [0, 0.05) is 25.8 Å². The third-order valence-corrected chi connectivity index (χ3v) is 3.49. The Morgan fingerprint density at radius 1 is 1.15 bits per heavy atom. The predicted octanol–water partition coefficient (Wildman–Crippen LogP) is 1.58. The SMILES string of the molecule is CC1CNCCN(c2ccc(-c3ccccn3)nn2)C1.